The Hall–Kier alpha value is -1.09. The first-order chi connectivity index (χ1) is 8.00. The Labute approximate surface area is 105 Å². The second kappa shape index (κ2) is 4.65. The molecule has 1 fully saturated rings. The smallest absolute Gasteiger partial charge is 0.227 e. The summed E-state index contributed by atoms with van der Waals surface area (Å²) in [5.74, 6) is 0.0137. The summed E-state index contributed by atoms with van der Waals surface area (Å²) in [7, 11) is 0. The van der Waals surface area contributed by atoms with Gasteiger partial charge in [0.2, 0.25) is 5.91 Å². The van der Waals surface area contributed by atoms with Gasteiger partial charge in [-0.25, -0.2) is 4.39 Å². The Morgan fingerprint density at radius 1 is 1.47 bits per heavy atom. The SMILES string of the molecule is CC(C)C1CCC(=O)N1c1ccc(F)c(Cl)c1. The quantitative estimate of drug-likeness (QED) is 0.790. The first kappa shape index (κ1) is 12.4. The van der Waals surface area contributed by atoms with Crippen LogP contribution in [0.15, 0.2) is 18.2 Å². The molecule has 0 aliphatic carbocycles. The van der Waals surface area contributed by atoms with Crippen LogP contribution in [0.25, 0.3) is 0 Å². The van der Waals surface area contributed by atoms with E-state index in [1.54, 1.807) is 11.0 Å². The highest BCUT2D eigenvalue weighted by Crippen LogP contribution is 2.32. The molecule has 1 aromatic rings. The Balaban J connectivity index is 2.36. The maximum Gasteiger partial charge on any atom is 0.227 e. The third kappa shape index (κ3) is 2.29. The lowest BCUT2D eigenvalue weighted by molar-refractivity contribution is -0.117. The van der Waals surface area contributed by atoms with E-state index in [0.29, 0.717) is 18.0 Å². The molecule has 0 radical (unpaired) electrons. The molecule has 1 aliphatic rings. The van der Waals surface area contributed by atoms with Crippen LogP contribution in [0.2, 0.25) is 5.02 Å². The third-order valence-corrected chi connectivity index (χ3v) is 3.49. The Bertz CT molecular complexity index is 447. The van der Waals surface area contributed by atoms with Crippen LogP contribution >= 0.6 is 11.6 Å². The van der Waals surface area contributed by atoms with Crippen molar-refractivity contribution in [2.24, 2.45) is 5.92 Å². The van der Waals surface area contributed by atoms with E-state index in [4.69, 9.17) is 11.6 Å². The molecule has 0 spiro atoms. The minimum absolute atomic E-state index is 0.0599. The monoisotopic (exact) mass is 255 g/mol. The average molecular weight is 256 g/mol. The van der Waals surface area contributed by atoms with Gasteiger partial charge in [-0.3, -0.25) is 4.79 Å². The van der Waals surface area contributed by atoms with Crippen molar-refractivity contribution in [2.75, 3.05) is 4.90 Å². The Kier molecular flexibility index (Phi) is 3.38. The first-order valence-corrected chi connectivity index (χ1v) is 6.15. The number of carbonyl (C=O) groups excluding carboxylic acids is 1. The van der Waals surface area contributed by atoms with Gasteiger partial charge in [0.1, 0.15) is 5.82 Å². The summed E-state index contributed by atoms with van der Waals surface area (Å²) in [6.07, 6.45) is 1.41. The van der Waals surface area contributed by atoms with Crippen LogP contribution in [-0.2, 0) is 4.79 Å². The van der Waals surface area contributed by atoms with E-state index < -0.39 is 5.82 Å². The van der Waals surface area contributed by atoms with E-state index in [2.05, 4.69) is 13.8 Å². The molecule has 1 aromatic carbocycles. The van der Waals surface area contributed by atoms with Crippen LogP contribution in [0.5, 0.6) is 0 Å². The predicted octanol–water partition coefficient (Wildman–Crippen LogP) is 3.63. The molecule has 17 heavy (non-hydrogen) atoms. The first-order valence-electron chi connectivity index (χ1n) is 5.78. The third-order valence-electron chi connectivity index (χ3n) is 3.21. The molecular weight excluding hydrogens is 241 g/mol. The van der Waals surface area contributed by atoms with Gasteiger partial charge < -0.3 is 4.90 Å². The van der Waals surface area contributed by atoms with Gasteiger partial charge in [0, 0.05) is 18.2 Å². The van der Waals surface area contributed by atoms with Crippen molar-refractivity contribution in [3.63, 3.8) is 0 Å². The fraction of sp³-hybridized carbons (Fsp3) is 0.462. The van der Waals surface area contributed by atoms with Crippen LogP contribution in [0.4, 0.5) is 10.1 Å². The lowest BCUT2D eigenvalue weighted by Crippen LogP contribution is -2.36. The Morgan fingerprint density at radius 3 is 2.76 bits per heavy atom. The van der Waals surface area contributed by atoms with Crippen molar-refractivity contribution >= 4 is 23.2 Å². The molecule has 4 heteroatoms. The number of benzene rings is 1. The predicted molar refractivity (Wildman–Crippen MR) is 66.8 cm³/mol. The van der Waals surface area contributed by atoms with E-state index in [1.807, 2.05) is 0 Å². The van der Waals surface area contributed by atoms with Gasteiger partial charge >= 0.3 is 0 Å². The van der Waals surface area contributed by atoms with E-state index in [-0.39, 0.29) is 17.0 Å². The summed E-state index contributed by atoms with van der Waals surface area (Å²) in [6.45, 7) is 4.17. The molecular formula is C13H15ClFNO. The average Bonchev–Trinajstić information content (AvgIpc) is 2.64. The van der Waals surface area contributed by atoms with Gasteiger partial charge in [-0.2, -0.15) is 0 Å². The van der Waals surface area contributed by atoms with Crippen LogP contribution in [0.1, 0.15) is 26.7 Å². The van der Waals surface area contributed by atoms with Crippen molar-refractivity contribution < 1.29 is 9.18 Å². The molecule has 2 rings (SSSR count). The summed E-state index contributed by atoms with van der Waals surface area (Å²) in [6, 6.07) is 4.62. The number of carbonyl (C=O) groups is 1. The van der Waals surface area contributed by atoms with Crippen molar-refractivity contribution in [3.8, 4) is 0 Å². The molecule has 1 aliphatic heterocycles. The van der Waals surface area contributed by atoms with Crippen LogP contribution in [0, 0.1) is 11.7 Å². The van der Waals surface area contributed by atoms with Gasteiger partial charge in [-0.05, 0) is 30.5 Å². The highest BCUT2D eigenvalue weighted by molar-refractivity contribution is 6.31. The molecule has 1 heterocycles. The molecule has 1 saturated heterocycles. The lowest BCUT2D eigenvalue weighted by Gasteiger charge is -2.28. The van der Waals surface area contributed by atoms with Gasteiger partial charge in [-0.15, -0.1) is 0 Å². The zero-order valence-electron chi connectivity index (χ0n) is 9.91. The molecule has 2 nitrogen and oxygen atoms in total. The second-order valence-corrected chi connectivity index (χ2v) is 5.12. The largest absolute Gasteiger partial charge is 0.309 e. The summed E-state index contributed by atoms with van der Waals surface area (Å²) in [5.41, 5.74) is 0.692. The van der Waals surface area contributed by atoms with Crippen LogP contribution in [-0.4, -0.2) is 11.9 Å². The highest BCUT2D eigenvalue weighted by atomic mass is 35.5. The normalized spacial score (nSPS) is 20.4. The topological polar surface area (TPSA) is 20.3 Å². The van der Waals surface area contributed by atoms with Crippen LogP contribution < -0.4 is 4.90 Å². The number of halogens is 2. The van der Waals surface area contributed by atoms with Crippen molar-refractivity contribution in [1.82, 2.24) is 0 Å². The van der Waals surface area contributed by atoms with E-state index >= 15 is 0 Å². The number of hydrogen-bond acceptors (Lipinski definition) is 1. The minimum Gasteiger partial charge on any atom is -0.309 e. The molecule has 1 atom stereocenters. The van der Waals surface area contributed by atoms with E-state index in [0.717, 1.165) is 6.42 Å². The zero-order valence-corrected chi connectivity index (χ0v) is 10.7. The number of amides is 1. The molecule has 1 unspecified atom stereocenters. The molecule has 0 saturated carbocycles. The number of hydrogen-bond donors (Lipinski definition) is 0. The second-order valence-electron chi connectivity index (χ2n) is 4.71. The molecule has 1 amide bonds. The lowest BCUT2D eigenvalue weighted by atomic mass is 10.0. The summed E-state index contributed by atoms with van der Waals surface area (Å²) in [5, 5.41) is 0.0599. The summed E-state index contributed by atoms with van der Waals surface area (Å²) < 4.78 is 13.1. The fourth-order valence-electron chi connectivity index (χ4n) is 2.31. The summed E-state index contributed by atoms with van der Waals surface area (Å²) in [4.78, 5) is 13.6. The molecule has 0 bridgehead atoms. The van der Waals surface area contributed by atoms with Crippen molar-refractivity contribution in [1.29, 1.82) is 0 Å². The number of rotatable bonds is 2. The standard InChI is InChI=1S/C13H15ClFNO/c1-8(2)12-5-6-13(17)16(12)9-3-4-11(15)10(14)7-9/h3-4,7-8,12H,5-6H2,1-2H3. The zero-order chi connectivity index (χ0) is 12.6. The minimum atomic E-state index is -0.455. The maximum absolute atomic E-state index is 13.1. The molecule has 0 N–H and O–H groups in total. The van der Waals surface area contributed by atoms with E-state index in [9.17, 15) is 9.18 Å². The van der Waals surface area contributed by atoms with Crippen molar-refractivity contribution in [2.45, 2.75) is 32.7 Å². The van der Waals surface area contributed by atoms with Gasteiger partial charge in [0.15, 0.2) is 0 Å². The van der Waals surface area contributed by atoms with Gasteiger partial charge in [0.25, 0.3) is 0 Å². The van der Waals surface area contributed by atoms with Crippen LogP contribution in [0.3, 0.4) is 0 Å². The molecule has 0 aromatic heterocycles. The number of anilines is 1. The maximum atomic E-state index is 13.1. The Morgan fingerprint density at radius 2 is 2.18 bits per heavy atom. The van der Waals surface area contributed by atoms with Gasteiger partial charge in [0.05, 0.1) is 5.02 Å². The van der Waals surface area contributed by atoms with Gasteiger partial charge in [-0.1, -0.05) is 25.4 Å². The highest BCUT2D eigenvalue weighted by Gasteiger charge is 2.34. The summed E-state index contributed by atoms with van der Waals surface area (Å²) >= 11 is 5.75. The van der Waals surface area contributed by atoms with E-state index in [1.165, 1.54) is 12.1 Å². The van der Waals surface area contributed by atoms with Crippen molar-refractivity contribution in [3.05, 3.63) is 29.0 Å². The molecule has 92 valence electrons. The fourth-order valence-corrected chi connectivity index (χ4v) is 2.48. The number of nitrogens with zero attached hydrogens (tertiary/aromatic N) is 1.